The number of pyridine rings is 1. The van der Waals surface area contributed by atoms with Crippen LogP contribution in [0.25, 0.3) is 16.7 Å². The van der Waals surface area contributed by atoms with E-state index in [0.29, 0.717) is 53.9 Å². The van der Waals surface area contributed by atoms with Crippen molar-refractivity contribution in [1.29, 1.82) is 5.26 Å². The number of nitrogens with one attached hydrogen (secondary N) is 2. The van der Waals surface area contributed by atoms with Crippen LogP contribution in [0.3, 0.4) is 0 Å². The van der Waals surface area contributed by atoms with Crippen LogP contribution in [0, 0.1) is 23.1 Å². The van der Waals surface area contributed by atoms with Crippen molar-refractivity contribution in [3.8, 4) is 17.2 Å². The van der Waals surface area contributed by atoms with Gasteiger partial charge in [-0.1, -0.05) is 31.0 Å². The van der Waals surface area contributed by atoms with Gasteiger partial charge in [0, 0.05) is 41.5 Å². The summed E-state index contributed by atoms with van der Waals surface area (Å²) in [7, 11) is 0. The Kier molecular flexibility index (Phi) is 8.22. The van der Waals surface area contributed by atoms with E-state index in [2.05, 4.69) is 15.6 Å². The first-order chi connectivity index (χ1) is 20.2. The Bertz CT molecular complexity index is 1670. The smallest absolute Gasteiger partial charge is 0.409 e. The Morgan fingerprint density at radius 3 is 2.76 bits per heavy atom. The second-order valence-electron chi connectivity index (χ2n) is 10.3. The third kappa shape index (κ3) is 5.83. The van der Waals surface area contributed by atoms with Gasteiger partial charge in [0.05, 0.1) is 34.1 Å². The summed E-state index contributed by atoms with van der Waals surface area (Å²) >= 11 is 5.99. The van der Waals surface area contributed by atoms with Crippen molar-refractivity contribution in [2.24, 2.45) is 5.92 Å². The van der Waals surface area contributed by atoms with Crippen molar-refractivity contribution in [3.05, 3.63) is 82.4 Å². The fourth-order valence-electron chi connectivity index (χ4n) is 5.49. The number of anilines is 2. The predicted molar refractivity (Wildman–Crippen MR) is 156 cm³/mol. The van der Waals surface area contributed by atoms with Gasteiger partial charge in [0.1, 0.15) is 0 Å². The highest BCUT2D eigenvalue weighted by Gasteiger charge is 2.31. The molecule has 2 bridgehead atoms. The van der Waals surface area contributed by atoms with E-state index >= 15 is 0 Å². The lowest BCUT2D eigenvalue weighted by molar-refractivity contribution is -0.129. The van der Waals surface area contributed by atoms with Gasteiger partial charge in [0.25, 0.3) is 0 Å². The average molecular weight is 588 g/mol. The molecule has 3 amide bonds. The molecule has 9 nitrogen and oxygen atoms in total. The summed E-state index contributed by atoms with van der Waals surface area (Å²) < 4.78 is 15.0. The summed E-state index contributed by atoms with van der Waals surface area (Å²) in [5, 5.41) is 23.8. The molecule has 3 aromatic rings. The van der Waals surface area contributed by atoms with Crippen molar-refractivity contribution in [3.63, 3.8) is 0 Å². The molecule has 5 rings (SSSR count). The van der Waals surface area contributed by atoms with Gasteiger partial charge >= 0.3 is 6.09 Å². The number of amides is 3. The van der Waals surface area contributed by atoms with Gasteiger partial charge in [-0.15, -0.1) is 0 Å². The topological polar surface area (TPSA) is 135 Å². The Labute approximate surface area is 246 Å². The predicted octanol–water partition coefficient (Wildman–Crippen LogP) is 6.62. The molecule has 11 heteroatoms. The number of hydrogen-bond acceptors (Lipinski definition) is 5. The van der Waals surface area contributed by atoms with Gasteiger partial charge in [-0.2, -0.15) is 5.26 Å². The van der Waals surface area contributed by atoms with Gasteiger partial charge in [-0.25, -0.2) is 9.18 Å². The van der Waals surface area contributed by atoms with E-state index in [0.717, 1.165) is 5.56 Å². The molecule has 1 aromatic heterocycles. The molecule has 2 aliphatic rings. The SMILES string of the molecule is C[C@@H]1CCC[C@H](N2CCC(c3c(C#N)ccc(Cl)c3F)=CC2=O)c2cc(ccn2)-c2ccc(NC(=O)O)cc2NC1=O. The molecule has 2 atom stereocenters. The first-order valence-electron chi connectivity index (χ1n) is 13.5. The lowest BCUT2D eigenvalue weighted by Crippen LogP contribution is -2.38. The minimum atomic E-state index is -1.22. The highest BCUT2D eigenvalue weighted by molar-refractivity contribution is 6.31. The first kappa shape index (κ1) is 28.8. The van der Waals surface area contributed by atoms with Crippen LogP contribution < -0.4 is 10.6 Å². The molecule has 0 fully saturated rings. The normalized spacial score (nSPS) is 18.9. The largest absolute Gasteiger partial charge is 0.465 e. The molecule has 0 spiro atoms. The van der Waals surface area contributed by atoms with Crippen LogP contribution >= 0.6 is 11.6 Å². The number of carboxylic acid groups (broad SMARTS) is 1. The number of aromatic nitrogens is 1. The summed E-state index contributed by atoms with van der Waals surface area (Å²) in [5.41, 5.74) is 3.38. The highest BCUT2D eigenvalue weighted by Crippen LogP contribution is 2.38. The molecular formula is C31H27ClFN5O4. The number of rotatable bonds is 3. The van der Waals surface area contributed by atoms with E-state index in [1.807, 2.05) is 19.1 Å². The van der Waals surface area contributed by atoms with Gasteiger partial charge in [0.15, 0.2) is 5.82 Å². The Morgan fingerprint density at radius 2 is 2.02 bits per heavy atom. The average Bonchev–Trinajstić information content (AvgIpc) is 2.96. The van der Waals surface area contributed by atoms with Gasteiger partial charge in [-0.3, -0.25) is 19.9 Å². The number of nitriles is 1. The molecule has 214 valence electrons. The van der Waals surface area contributed by atoms with Crippen LogP contribution in [0.4, 0.5) is 20.6 Å². The fourth-order valence-corrected chi connectivity index (χ4v) is 5.64. The fraction of sp³-hybridized carbons (Fsp3) is 0.258. The first-order valence-corrected chi connectivity index (χ1v) is 13.8. The summed E-state index contributed by atoms with van der Waals surface area (Å²) in [4.78, 5) is 44.1. The minimum Gasteiger partial charge on any atom is -0.465 e. The third-order valence-electron chi connectivity index (χ3n) is 7.64. The van der Waals surface area contributed by atoms with Crippen LogP contribution in [-0.2, 0) is 9.59 Å². The minimum absolute atomic E-state index is 0.0463. The zero-order chi connectivity index (χ0) is 30.0. The molecule has 0 aliphatic carbocycles. The molecule has 2 aliphatic heterocycles. The van der Waals surface area contributed by atoms with Crippen molar-refractivity contribution >= 4 is 46.5 Å². The second kappa shape index (κ2) is 12.0. The molecule has 3 heterocycles. The lowest BCUT2D eigenvalue weighted by atomic mass is 9.91. The van der Waals surface area contributed by atoms with E-state index in [4.69, 9.17) is 16.7 Å². The molecule has 3 N–H and O–H groups in total. The van der Waals surface area contributed by atoms with E-state index < -0.39 is 18.0 Å². The van der Waals surface area contributed by atoms with Crippen LogP contribution in [0.1, 0.15) is 55.5 Å². The number of hydrogen-bond donors (Lipinski definition) is 3. The summed E-state index contributed by atoms with van der Waals surface area (Å²) in [6, 6.07) is 12.9. The van der Waals surface area contributed by atoms with Crippen LogP contribution in [0.15, 0.2) is 54.7 Å². The Hall–Kier alpha value is -4.75. The number of halogens is 2. The van der Waals surface area contributed by atoms with Gasteiger partial charge in [-0.05, 0) is 66.8 Å². The number of fused-ring (bicyclic) bond motifs is 4. The van der Waals surface area contributed by atoms with Gasteiger partial charge in [0.2, 0.25) is 11.8 Å². The Morgan fingerprint density at radius 1 is 1.21 bits per heavy atom. The van der Waals surface area contributed by atoms with Crippen LogP contribution in [0.5, 0.6) is 0 Å². The van der Waals surface area contributed by atoms with Crippen LogP contribution in [-0.4, -0.2) is 39.4 Å². The monoisotopic (exact) mass is 587 g/mol. The number of carbonyl (C=O) groups excluding carboxylic acids is 2. The molecule has 42 heavy (non-hydrogen) atoms. The summed E-state index contributed by atoms with van der Waals surface area (Å²) in [5.74, 6) is -1.61. The summed E-state index contributed by atoms with van der Waals surface area (Å²) in [6.45, 7) is 2.09. The molecule has 0 saturated heterocycles. The highest BCUT2D eigenvalue weighted by atomic mass is 35.5. The second-order valence-corrected chi connectivity index (χ2v) is 10.8. The van der Waals surface area contributed by atoms with Crippen LogP contribution in [0.2, 0.25) is 5.02 Å². The molecular weight excluding hydrogens is 561 g/mol. The zero-order valence-corrected chi connectivity index (χ0v) is 23.4. The lowest BCUT2D eigenvalue weighted by Gasteiger charge is -2.34. The number of nitrogens with zero attached hydrogens (tertiary/aromatic N) is 3. The Balaban J connectivity index is 1.54. The molecule has 2 aromatic carbocycles. The van der Waals surface area contributed by atoms with E-state index in [1.54, 1.807) is 35.4 Å². The van der Waals surface area contributed by atoms with E-state index in [-0.39, 0.29) is 40.4 Å². The maximum Gasteiger partial charge on any atom is 0.409 e. The number of carbonyl (C=O) groups is 3. The van der Waals surface area contributed by atoms with Crippen molar-refractivity contribution in [2.45, 2.75) is 38.6 Å². The maximum absolute atomic E-state index is 15.0. The maximum atomic E-state index is 15.0. The third-order valence-corrected chi connectivity index (χ3v) is 7.93. The van der Waals surface area contributed by atoms with E-state index in [9.17, 15) is 24.0 Å². The molecule has 0 unspecified atom stereocenters. The van der Waals surface area contributed by atoms with Gasteiger partial charge < -0.3 is 15.3 Å². The van der Waals surface area contributed by atoms with E-state index in [1.165, 1.54) is 18.2 Å². The molecule has 0 saturated carbocycles. The zero-order valence-electron chi connectivity index (χ0n) is 22.7. The summed E-state index contributed by atoms with van der Waals surface area (Å²) in [6.07, 6.45) is 3.81. The van der Waals surface area contributed by atoms with Crippen molar-refractivity contribution in [2.75, 3.05) is 17.2 Å². The number of benzene rings is 2. The van der Waals surface area contributed by atoms with Crippen molar-refractivity contribution < 1.29 is 23.9 Å². The molecule has 0 radical (unpaired) electrons. The van der Waals surface area contributed by atoms with Crippen molar-refractivity contribution in [1.82, 2.24) is 9.88 Å². The quantitative estimate of drug-likeness (QED) is 0.315. The standard InChI is InChI=1S/C31H27ClFN5O4/c1-17-3-2-4-26(38-12-10-19(14-27(38)39)28-20(16-34)5-8-23(32)29(28)33)25-13-18(9-11-35-25)22-7-6-21(36-31(41)42)15-24(22)37-30(17)40/h5-9,11,13-15,17,26,36H,2-4,10,12H2,1H3,(H,37,40)(H,41,42)/t17-,26+/m1/s1.